The van der Waals surface area contributed by atoms with Gasteiger partial charge in [0.15, 0.2) is 6.61 Å². The normalized spacial score (nSPS) is 10.6. The largest absolute Gasteiger partial charge is 0.471 e. The van der Waals surface area contributed by atoms with Crippen molar-refractivity contribution < 1.29 is 18.6 Å². The minimum atomic E-state index is -2.51. The summed E-state index contributed by atoms with van der Waals surface area (Å²) in [7, 11) is 0. The molecule has 1 rings (SSSR count). The van der Waals surface area contributed by atoms with Crippen molar-refractivity contribution in [3.63, 3.8) is 0 Å². The Bertz CT molecular complexity index is 305. The van der Waals surface area contributed by atoms with Crippen molar-refractivity contribution in [2.24, 2.45) is 0 Å². The van der Waals surface area contributed by atoms with Crippen molar-refractivity contribution in [3.8, 4) is 5.88 Å². The van der Waals surface area contributed by atoms with Crippen LogP contribution in [0.15, 0.2) is 12.3 Å². The first-order valence-electron chi connectivity index (χ1n) is 4.11. The van der Waals surface area contributed by atoms with Crippen LogP contribution in [0.5, 0.6) is 5.88 Å². The molecular formula is C9H11F2NO2. The molecule has 0 bridgehead atoms. The third-order valence-electron chi connectivity index (χ3n) is 1.62. The summed E-state index contributed by atoms with van der Waals surface area (Å²) in [6, 6.07) is 1.65. The Morgan fingerprint density at radius 1 is 1.57 bits per heavy atom. The summed E-state index contributed by atoms with van der Waals surface area (Å²) in [6.45, 7) is 0.905. The monoisotopic (exact) mass is 203 g/mol. The highest BCUT2D eigenvalue weighted by molar-refractivity contribution is 5.28. The highest BCUT2D eigenvalue weighted by Crippen LogP contribution is 2.15. The molecule has 1 heterocycles. The van der Waals surface area contributed by atoms with Gasteiger partial charge in [-0.25, -0.2) is 13.8 Å². The molecule has 0 saturated carbocycles. The number of hydrogen-bond acceptors (Lipinski definition) is 3. The third-order valence-corrected chi connectivity index (χ3v) is 1.62. The molecule has 0 unspecified atom stereocenters. The zero-order valence-corrected chi connectivity index (χ0v) is 7.70. The number of aliphatic hydroxyl groups is 1. The van der Waals surface area contributed by atoms with Crippen LogP contribution >= 0.6 is 0 Å². The van der Waals surface area contributed by atoms with Crippen LogP contribution < -0.4 is 4.74 Å². The number of nitrogens with zero attached hydrogens (tertiary/aromatic N) is 1. The van der Waals surface area contributed by atoms with Crippen LogP contribution in [0.4, 0.5) is 8.78 Å². The number of halogens is 2. The second kappa shape index (κ2) is 4.85. The van der Waals surface area contributed by atoms with Crippen molar-refractivity contribution in [2.45, 2.75) is 20.0 Å². The van der Waals surface area contributed by atoms with Crippen molar-refractivity contribution in [3.05, 3.63) is 23.4 Å². The molecule has 5 heteroatoms. The molecule has 0 aliphatic heterocycles. The average Bonchev–Trinajstić information content (AvgIpc) is 2.15. The van der Waals surface area contributed by atoms with E-state index in [0.29, 0.717) is 11.1 Å². The fourth-order valence-corrected chi connectivity index (χ4v) is 1.000. The zero-order chi connectivity index (χ0) is 10.6. The molecule has 0 aromatic carbocycles. The molecule has 0 saturated heterocycles. The van der Waals surface area contributed by atoms with Gasteiger partial charge in [0.25, 0.3) is 6.43 Å². The zero-order valence-electron chi connectivity index (χ0n) is 7.70. The minimum Gasteiger partial charge on any atom is -0.471 e. The highest BCUT2D eigenvalue weighted by Gasteiger charge is 2.07. The first-order valence-corrected chi connectivity index (χ1v) is 4.11. The van der Waals surface area contributed by atoms with E-state index in [9.17, 15) is 8.78 Å². The van der Waals surface area contributed by atoms with Crippen molar-refractivity contribution in [2.75, 3.05) is 6.61 Å². The van der Waals surface area contributed by atoms with Crippen LogP contribution in [0.2, 0.25) is 0 Å². The lowest BCUT2D eigenvalue weighted by Gasteiger charge is -2.07. The molecule has 0 amide bonds. The van der Waals surface area contributed by atoms with E-state index >= 15 is 0 Å². The van der Waals surface area contributed by atoms with E-state index in [0.717, 1.165) is 0 Å². The van der Waals surface area contributed by atoms with Gasteiger partial charge in [-0.2, -0.15) is 0 Å². The molecule has 0 radical (unpaired) electrons. The van der Waals surface area contributed by atoms with Gasteiger partial charge in [-0.05, 0) is 18.6 Å². The molecule has 78 valence electrons. The number of alkyl halides is 2. The van der Waals surface area contributed by atoms with E-state index in [2.05, 4.69) is 4.98 Å². The molecule has 0 spiro atoms. The van der Waals surface area contributed by atoms with Gasteiger partial charge in [0.1, 0.15) is 0 Å². The molecule has 0 aliphatic rings. The molecule has 14 heavy (non-hydrogen) atoms. The summed E-state index contributed by atoms with van der Waals surface area (Å²) in [5.74, 6) is 0.183. The van der Waals surface area contributed by atoms with Crippen LogP contribution in [0, 0.1) is 6.92 Å². The molecule has 0 fully saturated rings. The number of ether oxygens (including phenoxy) is 1. The SMILES string of the molecule is Cc1cc(CO)cnc1OCC(F)F. The van der Waals surface area contributed by atoms with Gasteiger partial charge in [0, 0.05) is 11.8 Å². The number of pyridine rings is 1. The van der Waals surface area contributed by atoms with E-state index in [4.69, 9.17) is 9.84 Å². The summed E-state index contributed by atoms with van der Waals surface area (Å²) in [5.41, 5.74) is 1.27. The molecule has 1 aromatic heterocycles. The third kappa shape index (κ3) is 2.92. The van der Waals surface area contributed by atoms with Gasteiger partial charge >= 0.3 is 0 Å². The van der Waals surface area contributed by atoms with Crippen LogP contribution in [0.3, 0.4) is 0 Å². The number of rotatable bonds is 4. The highest BCUT2D eigenvalue weighted by atomic mass is 19.3. The number of aryl methyl sites for hydroxylation is 1. The Labute approximate surface area is 80.3 Å². The van der Waals surface area contributed by atoms with Crippen LogP contribution in [0.25, 0.3) is 0 Å². The summed E-state index contributed by atoms with van der Waals surface area (Å²) in [5, 5.41) is 8.77. The maximum absolute atomic E-state index is 11.8. The van der Waals surface area contributed by atoms with Gasteiger partial charge in [-0.3, -0.25) is 0 Å². The van der Waals surface area contributed by atoms with Crippen LogP contribution in [-0.2, 0) is 6.61 Å². The van der Waals surface area contributed by atoms with Crippen molar-refractivity contribution in [1.29, 1.82) is 0 Å². The lowest BCUT2D eigenvalue weighted by molar-refractivity contribution is 0.0792. The van der Waals surface area contributed by atoms with Crippen LogP contribution in [-0.4, -0.2) is 23.1 Å². The molecular weight excluding hydrogens is 192 g/mol. The second-order valence-corrected chi connectivity index (χ2v) is 2.83. The van der Waals surface area contributed by atoms with E-state index in [1.165, 1.54) is 6.20 Å². The van der Waals surface area contributed by atoms with E-state index in [1.807, 2.05) is 0 Å². The fourth-order valence-electron chi connectivity index (χ4n) is 1.000. The topological polar surface area (TPSA) is 42.4 Å². The summed E-state index contributed by atoms with van der Waals surface area (Å²) in [4.78, 5) is 3.81. The second-order valence-electron chi connectivity index (χ2n) is 2.83. The summed E-state index contributed by atoms with van der Waals surface area (Å²) in [6.07, 6.45) is -1.11. The van der Waals surface area contributed by atoms with Crippen molar-refractivity contribution >= 4 is 0 Å². The smallest absolute Gasteiger partial charge is 0.272 e. The van der Waals surface area contributed by atoms with Crippen LogP contribution in [0.1, 0.15) is 11.1 Å². The van der Waals surface area contributed by atoms with Gasteiger partial charge in [0.05, 0.1) is 6.61 Å². The number of hydrogen-bond donors (Lipinski definition) is 1. The van der Waals surface area contributed by atoms with Gasteiger partial charge in [-0.1, -0.05) is 0 Å². The quantitative estimate of drug-likeness (QED) is 0.806. The first-order chi connectivity index (χ1) is 6.63. The fraction of sp³-hybridized carbons (Fsp3) is 0.444. The predicted molar refractivity (Wildman–Crippen MR) is 46.4 cm³/mol. The Morgan fingerprint density at radius 3 is 2.79 bits per heavy atom. The van der Waals surface area contributed by atoms with E-state index < -0.39 is 13.0 Å². The Hall–Kier alpha value is -1.23. The Morgan fingerprint density at radius 2 is 2.29 bits per heavy atom. The lowest BCUT2D eigenvalue weighted by Crippen LogP contribution is -2.09. The maximum atomic E-state index is 11.8. The summed E-state index contributed by atoms with van der Waals surface area (Å²) >= 11 is 0. The van der Waals surface area contributed by atoms with Gasteiger partial charge < -0.3 is 9.84 Å². The Balaban J connectivity index is 2.69. The van der Waals surface area contributed by atoms with Gasteiger partial charge in [0.2, 0.25) is 5.88 Å². The lowest BCUT2D eigenvalue weighted by atomic mass is 10.2. The number of aliphatic hydroxyl groups excluding tert-OH is 1. The average molecular weight is 203 g/mol. The first kappa shape index (κ1) is 10.8. The van der Waals surface area contributed by atoms with E-state index in [-0.39, 0.29) is 12.5 Å². The molecule has 0 aliphatic carbocycles. The Kier molecular flexibility index (Phi) is 3.76. The maximum Gasteiger partial charge on any atom is 0.272 e. The van der Waals surface area contributed by atoms with Crippen molar-refractivity contribution in [1.82, 2.24) is 4.98 Å². The predicted octanol–water partition coefficient (Wildman–Crippen LogP) is 1.53. The number of aromatic nitrogens is 1. The molecule has 1 N–H and O–H groups in total. The van der Waals surface area contributed by atoms with Gasteiger partial charge in [-0.15, -0.1) is 0 Å². The molecule has 3 nitrogen and oxygen atoms in total. The van der Waals surface area contributed by atoms with E-state index in [1.54, 1.807) is 13.0 Å². The standard InChI is InChI=1S/C9H11F2NO2/c1-6-2-7(4-13)3-12-9(6)14-5-8(10)11/h2-3,8,13H,4-5H2,1H3. The molecule has 0 atom stereocenters. The summed E-state index contributed by atoms with van der Waals surface area (Å²) < 4.78 is 28.4. The molecule has 1 aromatic rings. The minimum absolute atomic E-state index is 0.122.